The normalized spacial score (nSPS) is 14.3. The van der Waals surface area contributed by atoms with Crippen LogP contribution in [0.5, 0.6) is 0 Å². The van der Waals surface area contributed by atoms with Crippen molar-refractivity contribution in [3.05, 3.63) is 48.6 Å². The van der Waals surface area contributed by atoms with Gasteiger partial charge >= 0.3 is 11.9 Å². The molecule has 0 bridgehead atoms. The van der Waals surface area contributed by atoms with Crippen molar-refractivity contribution in [2.24, 2.45) is 0 Å². The molecule has 2 atom stereocenters. The molecule has 0 rings (SSSR count). The van der Waals surface area contributed by atoms with Crippen molar-refractivity contribution in [2.45, 2.75) is 142 Å². The van der Waals surface area contributed by atoms with Crippen LogP contribution in [-0.4, -0.2) is 70.0 Å². The lowest BCUT2D eigenvalue weighted by Gasteiger charge is -2.28. The monoisotopic (exact) mass is 711 g/mol. The molecule has 0 amide bonds. The highest BCUT2D eigenvalue weighted by molar-refractivity contribution is 7.45. The number of hydrogen-bond donors (Lipinski definition) is 0. The molecule has 0 aliphatic rings. The Morgan fingerprint density at radius 3 is 1.73 bits per heavy atom. The molecule has 0 aromatic heterocycles. The molecule has 0 saturated carbocycles. The van der Waals surface area contributed by atoms with Gasteiger partial charge in [0.1, 0.15) is 19.8 Å². The van der Waals surface area contributed by atoms with E-state index in [4.69, 9.17) is 18.5 Å². The minimum Gasteiger partial charge on any atom is -0.756 e. The first-order chi connectivity index (χ1) is 23.5. The Bertz CT molecular complexity index is 986. The van der Waals surface area contributed by atoms with E-state index in [1.54, 1.807) is 0 Å². The van der Waals surface area contributed by atoms with Gasteiger partial charge in [0.2, 0.25) is 0 Å². The summed E-state index contributed by atoms with van der Waals surface area (Å²) >= 11 is 0. The number of ether oxygens (including phenoxy) is 2. The van der Waals surface area contributed by atoms with Gasteiger partial charge in [0, 0.05) is 12.8 Å². The lowest BCUT2D eigenvalue weighted by atomic mass is 10.1. The van der Waals surface area contributed by atoms with Crippen LogP contribution in [0.1, 0.15) is 136 Å². The molecule has 0 saturated heterocycles. The van der Waals surface area contributed by atoms with Crippen molar-refractivity contribution in [3.63, 3.8) is 0 Å². The predicted octanol–water partition coefficient (Wildman–Crippen LogP) is 9.33. The molecule has 10 heteroatoms. The van der Waals surface area contributed by atoms with E-state index in [1.807, 2.05) is 21.1 Å². The smallest absolute Gasteiger partial charge is 0.306 e. The van der Waals surface area contributed by atoms with Crippen molar-refractivity contribution in [1.29, 1.82) is 0 Å². The Labute approximate surface area is 299 Å². The van der Waals surface area contributed by atoms with Crippen LogP contribution in [0.3, 0.4) is 0 Å². The third-order valence-electron chi connectivity index (χ3n) is 7.61. The maximum absolute atomic E-state index is 12.6. The van der Waals surface area contributed by atoms with Gasteiger partial charge in [-0.25, -0.2) is 0 Å². The van der Waals surface area contributed by atoms with Gasteiger partial charge in [-0.15, -0.1) is 0 Å². The Hall–Kier alpha value is -2.03. The topological polar surface area (TPSA) is 111 Å². The second-order valence-electron chi connectivity index (χ2n) is 13.6. The summed E-state index contributed by atoms with van der Waals surface area (Å²) in [5.41, 5.74) is 0. The molecule has 0 N–H and O–H groups in total. The third-order valence-corrected chi connectivity index (χ3v) is 8.58. The standard InChI is InChI=1S/C39H70NO8P/c1-6-8-10-12-14-16-18-19-20-21-22-24-26-28-30-32-39(42)48-37(36-47-49(43,44)46-34-33-40(3,4)5)35-45-38(41)31-29-27-25-23-17-15-13-11-9-7-2/h8,10,14,16,19-20,22,24,37H,6-7,9,11-13,15,17-18,21,23,25-36H2,1-5H3/b10-8+,16-14+,20-19+,24-22+/t37-/m1/s1. The van der Waals surface area contributed by atoms with Crippen molar-refractivity contribution in [3.8, 4) is 0 Å². The van der Waals surface area contributed by atoms with Crippen LogP contribution in [0.15, 0.2) is 48.6 Å². The summed E-state index contributed by atoms with van der Waals surface area (Å²) in [6.07, 6.45) is 34.3. The number of rotatable bonds is 33. The maximum atomic E-state index is 12.6. The first kappa shape index (κ1) is 47.0. The van der Waals surface area contributed by atoms with Crippen LogP contribution in [0, 0.1) is 0 Å². The molecular weight excluding hydrogens is 641 g/mol. The van der Waals surface area contributed by atoms with Gasteiger partial charge in [0.05, 0.1) is 27.7 Å². The number of phosphoric ester groups is 1. The molecule has 49 heavy (non-hydrogen) atoms. The maximum Gasteiger partial charge on any atom is 0.306 e. The van der Waals surface area contributed by atoms with Crippen molar-refractivity contribution in [1.82, 2.24) is 0 Å². The van der Waals surface area contributed by atoms with E-state index in [0.29, 0.717) is 17.4 Å². The number of nitrogens with zero attached hydrogens (tertiary/aromatic N) is 1. The quantitative estimate of drug-likeness (QED) is 0.0218. The Morgan fingerprint density at radius 2 is 1.16 bits per heavy atom. The van der Waals surface area contributed by atoms with E-state index >= 15 is 0 Å². The van der Waals surface area contributed by atoms with E-state index in [9.17, 15) is 19.0 Å². The highest BCUT2D eigenvalue weighted by Gasteiger charge is 2.21. The zero-order valence-electron chi connectivity index (χ0n) is 31.6. The van der Waals surface area contributed by atoms with Gasteiger partial charge in [-0.1, -0.05) is 120 Å². The lowest BCUT2D eigenvalue weighted by Crippen LogP contribution is -2.37. The Kier molecular flexibility index (Phi) is 30.6. The molecule has 1 unspecified atom stereocenters. The summed E-state index contributed by atoms with van der Waals surface area (Å²) in [6.45, 7) is 4.02. The number of carbonyl (C=O) groups is 2. The van der Waals surface area contributed by atoms with Crippen LogP contribution in [0.2, 0.25) is 0 Å². The summed E-state index contributed by atoms with van der Waals surface area (Å²) in [5.74, 6) is -0.890. The van der Waals surface area contributed by atoms with Gasteiger partial charge in [-0.3, -0.25) is 14.2 Å². The van der Waals surface area contributed by atoms with E-state index in [0.717, 1.165) is 57.8 Å². The van der Waals surface area contributed by atoms with Gasteiger partial charge in [0.15, 0.2) is 6.10 Å². The summed E-state index contributed by atoms with van der Waals surface area (Å²) in [7, 11) is 1.13. The highest BCUT2D eigenvalue weighted by Crippen LogP contribution is 2.38. The minimum atomic E-state index is -4.63. The molecule has 0 spiro atoms. The fourth-order valence-corrected chi connectivity index (χ4v) is 5.37. The molecule has 0 aromatic rings. The van der Waals surface area contributed by atoms with Crippen LogP contribution in [-0.2, 0) is 32.7 Å². The molecule has 0 fully saturated rings. The molecule has 0 radical (unpaired) electrons. The highest BCUT2D eigenvalue weighted by atomic mass is 31.2. The fourth-order valence-electron chi connectivity index (χ4n) is 4.64. The van der Waals surface area contributed by atoms with Gasteiger partial charge < -0.3 is 27.9 Å². The average molecular weight is 712 g/mol. The first-order valence-corrected chi connectivity index (χ1v) is 20.3. The predicted molar refractivity (Wildman–Crippen MR) is 199 cm³/mol. The Morgan fingerprint density at radius 1 is 0.653 bits per heavy atom. The summed E-state index contributed by atoms with van der Waals surface area (Å²) in [6, 6.07) is 0. The van der Waals surface area contributed by atoms with E-state index in [1.165, 1.54) is 44.9 Å². The van der Waals surface area contributed by atoms with Gasteiger partial charge in [0.25, 0.3) is 7.82 Å². The number of carbonyl (C=O) groups excluding carboxylic acids is 2. The largest absolute Gasteiger partial charge is 0.756 e. The van der Waals surface area contributed by atoms with Crippen LogP contribution >= 0.6 is 7.82 Å². The van der Waals surface area contributed by atoms with E-state index in [-0.39, 0.29) is 26.1 Å². The molecule has 0 aliphatic carbocycles. The molecule has 0 aromatic carbocycles. The van der Waals surface area contributed by atoms with Gasteiger partial charge in [-0.05, 0) is 51.4 Å². The summed E-state index contributed by atoms with van der Waals surface area (Å²) in [4.78, 5) is 37.2. The average Bonchev–Trinajstić information content (AvgIpc) is 3.04. The molecular formula is C39H70NO8P. The number of allylic oxidation sites excluding steroid dienone is 8. The second kappa shape index (κ2) is 31.9. The molecule has 284 valence electrons. The number of quaternary nitrogens is 1. The number of esters is 2. The van der Waals surface area contributed by atoms with E-state index < -0.39 is 32.5 Å². The van der Waals surface area contributed by atoms with Gasteiger partial charge in [-0.2, -0.15) is 0 Å². The van der Waals surface area contributed by atoms with Crippen LogP contribution in [0.4, 0.5) is 0 Å². The molecule has 9 nitrogen and oxygen atoms in total. The van der Waals surface area contributed by atoms with Crippen molar-refractivity contribution < 1.29 is 42.1 Å². The van der Waals surface area contributed by atoms with Crippen molar-refractivity contribution >= 4 is 19.8 Å². The minimum absolute atomic E-state index is 0.0398. The fraction of sp³-hybridized carbons (Fsp3) is 0.744. The third kappa shape index (κ3) is 35.6. The summed E-state index contributed by atoms with van der Waals surface area (Å²) < 4.78 is 33.6. The van der Waals surface area contributed by atoms with Crippen molar-refractivity contribution in [2.75, 3.05) is 47.5 Å². The Balaban J connectivity index is 4.54. The number of likely N-dealkylation sites (N-methyl/N-ethyl adjacent to an activating group) is 1. The summed E-state index contributed by atoms with van der Waals surface area (Å²) in [5, 5.41) is 0. The first-order valence-electron chi connectivity index (χ1n) is 18.8. The number of hydrogen-bond acceptors (Lipinski definition) is 8. The zero-order chi connectivity index (χ0) is 36.5. The lowest BCUT2D eigenvalue weighted by molar-refractivity contribution is -0.870. The number of unbranched alkanes of at least 4 members (excludes halogenated alkanes) is 11. The zero-order valence-corrected chi connectivity index (χ0v) is 32.5. The van der Waals surface area contributed by atoms with Crippen LogP contribution < -0.4 is 4.89 Å². The molecule has 0 heterocycles. The number of phosphoric acid groups is 1. The SMILES string of the molecule is CC/C=C/C/C=C/C/C=C/C/C=C/CCCCC(=O)O[C@H](COC(=O)CCCCCCCCCCCC)COP(=O)([O-])OCC[N+](C)(C)C. The van der Waals surface area contributed by atoms with E-state index in [2.05, 4.69) is 62.5 Å². The van der Waals surface area contributed by atoms with Crippen LogP contribution in [0.25, 0.3) is 0 Å². The second-order valence-corrected chi connectivity index (χ2v) is 15.0. The molecule has 0 aliphatic heterocycles.